The molecule has 0 amide bonds. The van der Waals surface area contributed by atoms with Gasteiger partial charge in [-0.25, -0.2) is 0 Å². The lowest BCUT2D eigenvalue weighted by Crippen LogP contribution is -2.17. The lowest BCUT2D eigenvalue weighted by atomic mass is 10.2. The molecule has 2 nitrogen and oxygen atoms in total. The van der Waals surface area contributed by atoms with Crippen molar-refractivity contribution >= 4 is 18.0 Å². The predicted octanol–water partition coefficient (Wildman–Crippen LogP) is 2.59. The summed E-state index contributed by atoms with van der Waals surface area (Å²) in [5.41, 5.74) is 1.15. The SMILES string of the molecule is CC1(C)C=NC(CCCCO)=CS1. The zero-order valence-electron chi connectivity index (χ0n) is 8.29. The Labute approximate surface area is 84.1 Å². The summed E-state index contributed by atoms with van der Waals surface area (Å²) in [6.45, 7) is 4.60. The van der Waals surface area contributed by atoms with Crippen LogP contribution in [0.25, 0.3) is 0 Å². The summed E-state index contributed by atoms with van der Waals surface area (Å²) in [5, 5.41) is 10.8. The van der Waals surface area contributed by atoms with E-state index in [2.05, 4.69) is 24.2 Å². The molecule has 1 aliphatic heterocycles. The number of rotatable bonds is 4. The van der Waals surface area contributed by atoms with Crippen LogP contribution in [0.5, 0.6) is 0 Å². The van der Waals surface area contributed by atoms with E-state index in [1.165, 1.54) is 0 Å². The second kappa shape index (κ2) is 4.82. The zero-order chi connectivity index (χ0) is 9.73. The molecule has 3 heteroatoms. The third-order valence-electron chi connectivity index (χ3n) is 1.88. The number of nitrogens with zero attached hydrogens (tertiary/aromatic N) is 1. The van der Waals surface area contributed by atoms with Crippen molar-refractivity contribution in [1.29, 1.82) is 0 Å². The Kier molecular flexibility index (Phi) is 4.00. The Hall–Kier alpha value is -0.280. The molecule has 0 spiro atoms. The van der Waals surface area contributed by atoms with Crippen LogP contribution in [0.15, 0.2) is 16.1 Å². The second-order valence-corrected chi connectivity index (χ2v) is 5.29. The van der Waals surface area contributed by atoms with E-state index < -0.39 is 0 Å². The minimum atomic E-state index is 0.153. The van der Waals surface area contributed by atoms with Crippen LogP contribution >= 0.6 is 11.8 Å². The maximum atomic E-state index is 8.62. The highest BCUT2D eigenvalue weighted by molar-refractivity contribution is 8.04. The lowest BCUT2D eigenvalue weighted by Gasteiger charge is -2.20. The normalized spacial score (nSPS) is 20.1. The molecule has 0 bridgehead atoms. The van der Waals surface area contributed by atoms with E-state index in [0.29, 0.717) is 0 Å². The Balaban J connectivity index is 2.31. The Bertz CT molecular complexity index is 221. The minimum absolute atomic E-state index is 0.153. The summed E-state index contributed by atoms with van der Waals surface area (Å²) < 4.78 is 0.153. The molecule has 74 valence electrons. The molecular weight excluding hydrogens is 182 g/mol. The monoisotopic (exact) mass is 199 g/mol. The van der Waals surface area contributed by atoms with E-state index in [0.717, 1.165) is 25.0 Å². The van der Waals surface area contributed by atoms with Crippen molar-refractivity contribution in [2.75, 3.05) is 6.61 Å². The summed E-state index contributed by atoms with van der Waals surface area (Å²) in [6, 6.07) is 0. The maximum Gasteiger partial charge on any atom is 0.0496 e. The molecule has 0 atom stereocenters. The molecule has 1 N–H and O–H groups in total. The number of aliphatic hydroxyl groups is 1. The fourth-order valence-electron chi connectivity index (χ4n) is 1.06. The van der Waals surface area contributed by atoms with E-state index in [1.807, 2.05) is 18.0 Å². The van der Waals surface area contributed by atoms with Gasteiger partial charge in [-0.2, -0.15) is 0 Å². The average Bonchev–Trinajstić information content (AvgIpc) is 2.08. The fraction of sp³-hybridized carbons (Fsp3) is 0.700. The first-order valence-corrected chi connectivity index (χ1v) is 5.55. The van der Waals surface area contributed by atoms with Crippen LogP contribution < -0.4 is 0 Å². The van der Waals surface area contributed by atoms with E-state index >= 15 is 0 Å². The minimum Gasteiger partial charge on any atom is -0.396 e. The van der Waals surface area contributed by atoms with Gasteiger partial charge in [0.25, 0.3) is 0 Å². The standard InChI is InChI=1S/C10H17NOS/c1-10(2)8-11-9(7-13-10)5-3-4-6-12/h7-8,12H,3-6H2,1-2H3. The van der Waals surface area contributed by atoms with Gasteiger partial charge in [0.15, 0.2) is 0 Å². The third kappa shape index (κ3) is 3.96. The molecule has 0 saturated carbocycles. The van der Waals surface area contributed by atoms with Crippen LogP contribution in [-0.2, 0) is 0 Å². The Morgan fingerprint density at radius 2 is 2.23 bits per heavy atom. The molecule has 0 aliphatic carbocycles. The van der Waals surface area contributed by atoms with E-state index in [4.69, 9.17) is 5.11 Å². The van der Waals surface area contributed by atoms with E-state index in [9.17, 15) is 0 Å². The van der Waals surface area contributed by atoms with Crippen molar-refractivity contribution in [2.24, 2.45) is 4.99 Å². The molecule has 0 radical (unpaired) electrons. The summed E-state index contributed by atoms with van der Waals surface area (Å²) in [5.74, 6) is 0. The van der Waals surface area contributed by atoms with Crippen molar-refractivity contribution in [3.63, 3.8) is 0 Å². The average molecular weight is 199 g/mol. The van der Waals surface area contributed by atoms with Gasteiger partial charge < -0.3 is 5.11 Å². The molecule has 0 aromatic carbocycles. The number of thioether (sulfide) groups is 1. The highest BCUT2D eigenvalue weighted by atomic mass is 32.2. The van der Waals surface area contributed by atoms with E-state index in [1.54, 1.807) is 0 Å². The van der Waals surface area contributed by atoms with Crippen molar-refractivity contribution in [1.82, 2.24) is 0 Å². The van der Waals surface area contributed by atoms with Crippen molar-refractivity contribution in [3.05, 3.63) is 11.1 Å². The van der Waals surface area contributed by atoms with Gasteiger partial charge in [0, 0.05) is 23.3 Å². The van der Waals surface area contributed by atoms with Crippen molar-refractivity contribution in [3.8, 4) is 0 Å². The summed E-state index contributed by atoms with van der Waals surface area (Å²) >= 11 is 1.81. The van der Waals surface area contributed by atoms with Gasteiger partial charge in [-0.05, 0) is 38.5 Å². The summed E-state index contributed by atoms with van der Waals surface area (Å²) in [4.78, 5) is 4.39. The number of aliphatic imine (C=N–C) groups is 1. The van der Waals surface area contributed by atoms with Gasteiger partial charge in [-0.15, -0.1) is 11.8 Å². The van der Waals surface area contributed by atoms with Gasteiger partial charge in [0.1, 0.15) is 0 Å². The molecule has 1 rings (SSSR count). The number of hydrogen-bond acceptors (Lipinski definition) is 3. The second-order valence-electron chi connectivity index (χ2n) is 3.77. The molecular formula is C10H17NOS. The molecule has 0 aromatic rings. The molecule has 1 aliphatic rings. The first-order chi connectivity index (χ1) is 6.14. The van der Waals surface area contributed by atoms with Crippen LogP contribution in [0.3, 0.4) is 0 Å². The maximum absolute atomic E-state index is 8.62. The van der Waals surface area contributed by atoms with Crippen LogP contribution in [0.4, 0.5) is 0 Å². The van der Waals surface area contributed by atoms with Crippen LogP contribution in [0.2, 0.25) is 0 Å². The highest BCUT2D eigenvalue weighted by Crippen LogP contribution is 2.30. The molecule has 0 aromatic heterocycles. The van der Waals surface area contributed by atoms with Crippen LogP contribution in [0.1, 0.15) is 33.1 Å². The predicted molar refractivity (Wildman–Crippen MR) is 59.2 cm³/mol. The zero-order valence-corrected chi connectivity index (χ0v) is 9.10. The molecule has 1 heterocycles. The van der Waals surface area contributed by atoms with E-state index in [-0.39, 0.29) is 11.4 Å². The molecule has 0 saturated heterocycles. The first kappa shape index (κ1) is 10.8. The largest absolute Gasteiger partial charge is 0.396 e. The Morgan fingerprint density at radius 1 is 1.46 bits per heavy atom. The highest BCUT2D eigenvalue weighted by Gasteiger charge is 2.17. The Morgan fingerprint density at radius 3 is 2.77 bits per heavy atom. The molecule has 13 heavy (non-hydrogen) atoms. The van der Waals surface area contributed by atoms with Crippen LogP contribution in [-0.4, -0.2) is 22.7 Å². The summed E-state index contributed by atoms with van der Waals surface area (Å²) in [7, 11) is 0. The third-order valence-corrected chi connectivity index (χ3v) is 2.98. The van der Waals surface area contributed by atoms with Gasteiger partial charge in [0.2, 0.25) is 0 Å². The topological polar surface area (TPSA) is 32.6 Å². The molecule has 0 fully saturated rings. The fourth-order valence-corrected chi connectivity index (χ4v) is 1.79. The number of aliphatic hydroxyl groups excluding tert-OH is 1. The van der Waals surface area contributed by atoms with Gasteiger partial charge in [0.05, 0.1) is 0 Å². The smallest absolute Gasteiger partial charge is 0.0496 e. The van der Waals surface area contributed by atoms with Crippen molar-refractivity contribution in [2.45, 2.75) is 37.9 Å². The van der Waals surface area contributed by atoms with Gasteiger partial charge in [-0.3, -0.25) is 4.99 Å². The van der Waals surface area contributed by atoms with Gasteiger partial charge >= 0.3 is 0 Å². The quantitative estimate of drug-likeness (QED) is 0.706. The van der Waals surface area contributed by atoms with Crippen molar-refractivity contribution < 1.29 is 5.11 Å². The number of unbranched alkanes of at least 4 members (excludes halogenated alkanes) is 1. The summed E-state index contributed by atoms with van der Waals surface area (Å²) in [6.07, 6.45) is 4.90. The first-order valence-electron chi connectivity index (χ1n) is 4.67. The number of hydrogen-bond donors (Lipinski definition) is 1. The lowest BCUT2D eigenvalue weighted by molar-refractivity contribution is 0.284. The van der Waals surface area contributed by atoms with Crippen LogP contribution in [0, 0.1) is 0 Å². The number of allylic oxidation sites excluding steroid dienone is 1. The molecule has 0 unspecified atom stereocenters. The van der Waals surface area contributed by atoms with Gasteiger partial charge in [-0.1, -0.05) is 0 Å².